The Morgan fingerprint density at radius 3 is 2.57 bits per heavy atom. The first-order valence-corrected chi connectivity index (χ1v) is 5.53. The van der Waals surface area contributed by atoms with Crippen LogP contribution in [0, 0.1) is 0 Å². The van der Waals surface area contributed by atoms with Gasteiger partial charge in [-0.05, 0) is 17.1 Å². The number of halogens is 3. The summed E-state index contributed by atoms with van der Waals surface area (Å²) in [5, 5.41) is 0. The average molecular weight is 229 g/mol. The van der Waals surface area contributed by atoms with Crippen LogP contribution < -0.4 is 0 Å². The van der Waals surface area contributed by atoms with E-state index >= 15 is 0 Å². The minimum atomic E-state index is -4.24. The minimum absolute atomic E-state index is 0.321. The monoisotopic (exact) mass is 229 g/mol. The van der Waals surface area contributed by atoms with Crippen LogP contribution in [0.1, 0.15) is 26.2 Å². The first-order chi connectivity index (χ1) is 6.45. The third kappa shape index (κ3) is 9.68. The van der Waals surface area contributed by atoms with E-state index in [1.165, 1.54) is 0 Å². The molecule has 0 amide bonds. The van der Waals surface area contributed by atoms with Crippen LogP contribution in [0.2, 0.25) is 0 Å². The van der Waals surface area contributed by atoms with E-state index in [1.54, 1.807) is 0 Å². The fourth-order valence-electron chi connectivity index (χ4n) is 0.614. The predicted molar refractivity (Wildman–Crippen MR) is 48.3 cm³/mol. The molecule has 14 heavy (non-hydrogen) atoms. The highest BCUT2D eigenvalue weighted by atomic mass is 31.1. The van der Waals surface area contributed by atoms with Crippen molar-refractivity contribution in [2.45, 2.75) is 32.4 Å². The lowest BCUT2D eigenvalue weighted by Crippen LogP contribution is -2.03. The molecule has 0 aliphatic heterocycles. The van der Waals surface area contributed by atoms with Crippen LogP contribution in [0.25, 0.3) is 0 Å². The Bertz CT molecular complexity index is 201. The molecular formula is C8H13F3O2P+. The molecule has 0 bridgehead atoms. The minimum Gasteiger partial charge on any atom is -0.171 e. The molecule has 2 nitrogen and oxygen atoms in total. The molecule has 0 aromatic carbocycles. The van der Waals surface area contributed by atoms with Gasteiger partial charge < -0.3 is 0 Å². The molecule has 1 atom stereocenters. The van der Waals surface area contributed by atoms with Gasteiger partial charge in [-0.3, -0.25) is 0 Å². The Morgan fingerprint density at radius 1 is 1.43 bits per heavy atom. The zero-order valence-corrected chi connectivity index (χ0v) is 8.78. The molecule has 0 aliphatic rings. The van der Waals surface area contributed by atoms with Crippen LogP contribution in [0.4, 0.5) is 13.2 Å². The summed E-state index contributed by atoms with van der Waals surface area (Å²) < 4.78 is 50.5. The summed E-state index contributed by atoms with van der Waals surface area (Å²) in [5.74, 6) is 0.957. The molecule has 0 spiro atoms. The van der Waals surface area contributed by atoms with E-state index < -0.39 is 20.6 Å². The molecule has 0 heterocycles. The number of alkyl halides is 3. The highest BCUT2D eigenvalue weighted by molar-refractivity contribution is 7.42. The Labute approximate surface area is 82.0 Å². The number of unbranched alkanes of at least 4 members (excludes halogenated alkanes) is 1. The topological polar surface area (TPSA) is 26.3 Å². The predicted octanol–water partition coefficient (Wildman–Crippen LogP) is 4.01. The lowest BCUT2D eigenvalue weighted by Gasteiger charge is -1.97. The Hall–Kier alpha value is -0.410. The van der Waals surface area contributed by atoms with E-state index in [9.17, 15) is 17.7 Å². The number of rotatable bonds is 6. The van der Waals surface area contributed by atoms with Gasteiger partial charge in [0.15, 0.2) is 5.82 Å². The van der Waals surface area contributed by atoms with E-state index in [-0.39, 0.29) is 0 Å². The first kappa shape index (κ1) is 13.6. The maximum Gasteiger partial charge on any atom is 0.540 e. The summed E-state index contributed by atoms with van der Waals surface area (Å²) in [7, 11) is -2.08. The fraction of sp³-hybridized carbons (Fsp3) is 0.750. The Morgan fingerprint density at radius 2 is 2.07 bits per heavy atom. The van der Waals surface area contributed by atoms with Crippen LogP contribution in [0.5, 0.6) is 0 Å². The Balaban J connectivity index is 3.61. The summed E-state index contributed by atoms with van der Waals surface area (Å²) in [6.07, 6.45) is -2.82. The molecule has 0 aromatic heterocycles. The second-order valence-electron chi connectivity index (χ2n) is 2.68. The zero-order valence-electron chi connectivity index (χ0n) is 7.88. The largest absolute Gasteiger partial charge is 0.540 e. The maximum atomic E-state index is 11.6. The molecule has 0 radical (unpaired) electrons. The summed E-state index contributed by atoms with van der Waals surface area (Å²) >= 11 is 0. The zero-order chi connectivity index (χ0) is 11.0. The van der Waals surface area contributed by atoms with Gasteiger partial charge in [0.25, 0.3) is 0 Å². The van der Waals surface area contributed by atoms with Crippen LogP contribution >= 0.6 is 8.03 Å². The van der Waals surface area contributed by atoms with E-state index in [0.717, 1.165) is 24.7 Å². The van der Waals surface area contributed by atoms with E-state index in [1.807, 2.05) is 6.92 Å². The molecule has 1 unspecified atom stereocenters. The second-order valence-corrected chi connectivity index (χ2v) is 3.80. The molecule has 0 saturated carbocycles. The fourth-order valence-corrected chi connectivity index (χ4v) is 1.29. The van der Waals surface area contributed by atoms with Gasteiger partial charge in [0, 0.05) is 0 Å². The molecule has 0 N–H and O–H groups in total. The van der Waals surface area contributed by atoms with Gasteiger partial charge in [-0.1, -0.05) is 13.3 Å². The first-order valence-electron chi connectivity index (χ1n) is 4.28. The average Bonchev–Trinajstić information content (AvgIpc) is 2.02. The van der Waals surface area contributed by atoms with Crippen LogP contribution in [-0.4, -0.2) is 12.8 Å². The normalized spacial score (nSPS) is 13.6. The van der Waals surface area contributed by atoms with Gasteiger partial charge in [-0.15, -0.1) is 4.52 Å². The van der Waals surface area contributed by atoms with Gasteiger partial charge in [0.05, 0.1) is 6.42 Å². The standard InChI is InChI=1S/C8H13F3O2P/c1-2-3-6-13-14(12)7-4-5-8(9,10)11/h4,7H,2-3,5-6H2,1H3/q+1. The van der Waals surface area contributed by atoms with Gasteiger partial charge in [-0.2, -0.15) is 13.2 Å². The van der Waals surface area contributed by atoms with Crippen molar-refractivity contribution in [1.29, 1.82) is 0 Å². The lowest BCUT2D eigenvalue weighted by atomic mass is 10.4. The molecule has 0 aromatic rings. The Kier molecular flexibility index (Phi) is 6.75. The van der Waals surface area contributed by atoms with Crippen LogP contribution in [-0.2, 0) is 9.09 Å². The van der Waals surface area contributed by atoms with Crippen molar-refractivity contribution in [2.75, 3.05) is 6.61 Å². The van der Waals surface area contributed by atoms with E-state index in [0.29, 0.717) is 6.61 Å². The third-order valence-electron chi connectivity index (χ3n) is 1.29. The van der Waals surface area contributed by atoms with Crippen molar-refractivity contribution in [3.8, 4) is 0 Å². The summed E-state index contributed by atoms with van der Waals surface area (Å²) in [6, 6.07) is 0. The molecule has 0 rings (SSSR count). The van der Waals surface area contributed by atoms with Crippen molar-refractivity contribution in [1.82, 2.24) is 0 Å². The lowest BCUT2D eigenvalue weighted by molar-refractivity contribution is -0.124. The second kappa shape index (κ2) is 6.96. The maximum absolute atomic E-state index is 11.6. The van der Waals surface area contributed by atoms with Crippen LogP contribution in [0.15, 0.2) is 11.9 Å². The number of hydrogen-bond acceptors (Lipinski definition) is 2. The SMILES string of the molecule is CCCCO[P+](=O)C=CCC(F)(F)F. The van der Waals surface area contributed by atoms with Crippen molar-refractivity contribution in [2.24, 2.45) is 0 Å². The quantitative estimate of drug-likeness (QED) is 0.508. The summed E-state index contributed by atoms with van der Waals surface area (Å²) in [6.45, 7) is 2.26. The molecule has 6 heteroatoms. The van der Waals surface area contributed by atoms with E-state index in [4.69, 9.17) is 4.52 Å². The van der Waals surface area contributed by atoms with Crippen molar-refractivity contribution < 1.29 is 22.3 Å². The smallest absolute Gasteiger partial charge is 0.171 e. The summed E-state index contributed by atoms with van der Waals surface area (Å²) in [4.78, 5) is 0. The molecule has 0 aliphatic carbocycles. The molecule has 0 saturated heterocycles. The highest BCUT2D eigenvalue weighted by Crippen LogP contribution is 2.27. The third-order valence-corrected chi connectivity index (χ3v) is 2.18. The molecule has 82 valence electrons. The van der Waals surface area contributed by atoms with Crippen LogP contribution in [0.3, 0.4) is 0 Å². The molecule has 0 fully saturated rings. The van der Waals surface area contributed by atoms with Crippen molar-refractivity contribution >= 4 is 8.03 Å². The van der Waals surface area contributed by atoms with Gasteiger partial charge >= 0.3 is 14.2 Å². The highest BCUT2D eigenvalue weighted by Gasteiger charge is 2.25. The van der Waals surface area contributed by atoms with E-state index in [2.05, 4.69) is 0 Å². The molecular weight excluding hydrogens is 216 g/mol. The van der Waals surface area contributed by atoms with Crippen molar-refractivity contribution in [3.05, 3.63) is 11.9 Å². The number of hydrogen-bond donors (Lipinski definition) is 0. The van der Waals surface area contributed by atoms with Crippen molar-refractivity contribution in [3.63, 3.8) is 0 Å². The summed E-state index contributed by atoms with van der Waals surface area (Å²) in [5.41, 5.74) is 0. The van der Waals surface area contributed by atoms with Gasteiger partial charge in [0.1, 0.15) is 6.61 Å². The number of allylic oxidation sites excluding steroid dienone is 1. The van der Waals surface area contributed by atoms with Gasteiger partial charge in [0.2, 0.25) is 0 Å². The van der Waals surface area contributed by atoms with Gasteiger partial charge in [-0.25, -0.2) is 0 Å².